The second-order valence-electron chi connectivity index (χ2n) is 6.12. The van der Waals surface area contributed by atoms with E-state index >= 15 is 0 Å². The zero-order chi connectivity index (χ0) is 11.2. The van der Waals surface area contributed by atoms with E-state index in [1.807, 2.05) is 12.3 Å². The molecule has 1 nitrogen and oxygen atoms in total. The SMILES string of the molecule is C=CC=[N+](C=C)C12CC3CC(CC(C3)C1)C2. The van der Waals surface area contributed by atoms with Crippen LogP contribution in [-0.2, 0) is 0 Å². The summed E-state index contributed by atoms with van der Waals surface area (Å²) in [7, 11) is 0. The van der Waals surface area contributed by atoms with Crippen molar-refractivity contribution in [2.45, 2.75) is 44.1 Å². The van der Waals surface area contributed by atoms with E-state index in [0.717, 1.165) is 17.8 Å². The molecule has 0 aromatic rings. The van der Waals surface area contributed by atoms with Crippen molar-refractivity contribution in [3.05, 3.63) is 25.4 Å². The fraction of sp³-hybridized carbons (Fsp3) is 0.667. The van der Waals surface area contributed by atoms with Crippen LogP contribution in [0.5, 0.6) is 0 Å². The second kappa shape index (κ2) is 3.58. The third kappa shape index (κ3) is 1.41. The molecule has 0 unspecified atom stereocenters. The monoisotopic (exact) mass is 216 g/mol. The topological polar surface area (TPSA) is 3.01 Å². The first-order chi connectivity index (χ1) is 7.75. The molecule has 0 atom stereocenters. The normalized spacial score (nSPS) is 45.8. The molecule has 16 heavy (non-hydrogen) atoms. The lowest BCUT2D eigenvalue weighted by atomic mass is 9.53. The van der Waals surface area contributed by atoms with Gasteiger partial charge in [-0.3, -0.25) is 0 Å². The Kier molecular flexibility index (Phi) is 2.31. The molecule has 0 heterocycles. The standard InChI is InChI=1S/C15H22N/c1-3-5-16(4-2)15-9-12-6-13(10-15)8-14(7-12)11-15/h3-5,12-14H,1-2,6-11H2/q+1. The average molecular weight is 216 g/mol. The molecule has 0 N–H and O–H groups in total. The van der Waals surface area contributed by atoms with Crippen LogP contribution < -0.4 is 0 Å². The van der Waals surface area contributed by atoms with Crippen LogP contribution >= 0.6 is 0 Å². The van der Waals surface area contributed by atoms with Crippen LogP contribution in [0, 0.1) is 17.8 Å². The smallest absolute Gasteiger partial charge is 0.168 e. The molecule has 1 heteroatoms. The summed E-state index contributed by atoms with van der Waals surface area (Å²) >= 11 is 0. The van der Waals surface area contributed by atoms with E-state index in [2.05, 4.69) is 23.9 Å². The van der Waals surface area contributed by atoms with Crippen molar-refractivity contribution < 1.29 is 4.58 Å². The Morgan fingerprint density at radius 2 is 1.44 bits per heavy atom. The fourth-order valence-electron chi connectivity index (χ4n) is 4.91. The molecule has 0 aromatic carbocycles. The number of allylic oxidation sites excluding steroid dienone is 1. The Balaban J connectivity index is 1.96. The molecule has 4 bridgehead atoms. The Labute approximate surface area is 98.6 Å². The molecule has 4 aliphatic rings. The maximum absolute atomic E-state index is 3.98. The predicted octanol–water partition coefficient (Wildman–Crippen LogP) is 3.37. The predicted molar refractivity (Wildman–Crippen MR) is 67.6 cm³/mol. The summed E-state index contributed by atoms with van der Waals surface area (Å²) in [5, 5.41) is 0. The first-order valence-corrected chi connectivity index (χ1v) is 6.62. The van der Waals surface area contributed by atoms with Gasteiger partial charge in [0, 0.05) is 19.3 Å². The quantitative estimate of drug-likeness (QED) is 0.502. The van der Waals surface area contributed by atoms with Crippen molar-refractivity contribution in [1.82, 2.24) is 0 Å². The molecule has 4 aliphatic carbocycles. The van der Waals surface area contributed by atoms with E-state index in [4.69, 9.17) is 0 Å². The Morgan fingerprint density at radius 3 is 1.81 bits per heavy atom. The first kappa shape index (κ1) is 10.3. The largest absolute Gasteiger partial charge is 0.200 e. The highest BCUT2D eigenvalue weighted by Gasteiger charge is 2.56. The summed E-state index contributed by atoms with van der Waals surface area (Å²) in [5.74, 6) is 2.98. The summed E-state index contributed by atoms with van der Waals surface area (Å²) in [6.45, 7) is 7.81. The first-order valence-electron chi connectivity index (χ1n) is 6.62. The van der Waals surface area contributed by atoms with Crippen LogP contribution in [-0.4, -0.2) is 16.3 Å². The van der Waals surface area contributed by atoms with Crippen molar-refractivity contribution in [2.75, 3.05) is 0 Å². The van der Waals surface area contributed by atoms with E-state index in [0.29, 0.717) is 5.54 Å². The molecule has 0 aliphatic heterocycles. The van der Waals surface area contributed by atoms with Gasteiger partial charge in [-0.15, -0.1) is 0 Å². The summed E-state index contributed by atoms with van der Waals surface area (Å²) in [6, 6.07) is 0. The minimum absolute atomic E-state index is 0.407. The Hall–Kier alpha value is -0.850. The van der Waals surface area contributed by atoms with Gasteiger partial charge in [-0.25, -0.2) is 4.58 Å². The van der Waals surface area contributed by atoms with Crippen LogP contribution in [0.4, 0.5) is 0 Å². The van der Waals surface area contributed by atoms with E-state index in [-0.39, 0.29) is 0 Å². The molecular formula is C15H22N+. The summed E-state index contributed by atoms with van der Waals surface area (Å²) in [6.07, 6.45) is 14.7. The maximum atomic E-state index is 3.98. The zero-order valence-electron chi connectivity index (χ0n) is 10.1. The second-order valence-corrected chi connectivity index (χ2v) is 6.12. The number of hydrogen-bond donors (Lipinski definition) is 0. The maximum Gasteiger partial charge on any atom is 0.168 e. The van der Waals surface area contributed by atoms with Gasteiger partial charge < -0.3 is 0 Å². The highest BCUT2D eigenvalue weighted by Crippen LogP contribution is 2.56. The summed E-state index contributed by atoms with van der Waals surface area (Å²) in [5.41, 5.74) is 0.407. The van der Waals surface area contributed by atoms with Crippen molar-refractivity contribution in [2.24, 2.45) is 17.8 Å². The van der Waals surface area contributed by atoms with Gasteiger partial charge in [-0.1, -0.05) is 6.58 Å². The lowest BCUT2D eigenvalue weighted by Crippen LogP contribution is -2.55. The number of nitrogens with zero attached hydrogens (tertiary/aromatic N) is 1. The number of hydrogen-bond acceptors (Lipinski definition) is 0. The van der Waals surface area contributed by atoms with Gasteiger partial charge in [-0.2, -0.15) is 0 Å². The Morgan fingerprint density at radius 1 is 0.938 bits per heavy atom. The molecule has 4 fully saturated rings. The fourth-order valence-corrected chi connectivity index (χ4v) is 4.91. The van der Waals surface area contributed by atoms with Gasteiger partial charge >= 0.3 is 0 Å². The van der Waals surface area contributed by atoms with Gasteiger partial charge in [0.05, 0.1) is 0 Å². The molecule has 0 spiro atoms. The van der Waals surface area contributed by atoms with Crippen molar-refractivity contribution in [3.8, 4) is 0 Å². The molecule has 0 saturated heterocycles. The summed E-state index contributed by atoms with van der Waals surface area (Å²) < 4.78 is 2.37. The average Bonchev–Trinajstić information content (AvgIpc) is 2.23. The molecule has 86 valence electrons. The van der Waals surface area contributed by atoms with Crippen LogP contribution in [0.1, 0.15) is 38.5 Å². The highest BCUT2D eigenvalue weighted by molar-refractivity contribution is 5.65. The lowest BCUT2D eigenvalue weighted by Gasteiger charge is -2.53. The minimum atomic E-state index is 0.407. The molecule has 4 rings (SSSR count). The van der Waals surface area contributed by atoms with Crippen LogP contribution in [0.2, 0.25) is 0 Å². The Bertz CT molecular complexity index is 315. The zero-order valence-corrected chi connectivity index (χ0v) is 10.1. The van der Waals surface area contributed by atoms with Gasteiger partial charge in [0.2, 0.25) is 0 Å². The molecule has 0 amide bonds. The van der Waals surface area contributed by atoms with E-state index in [1.165, 1.54) is 38.5 Å². The van der Waals surface area contributed by atoms with Crippen LogP contribution in [0.25, 0.3) is 0 Å². The van der Waals surface area contributed by atoms with Crippen molar-refractivity contribution >= 4 is 6.21 Å². The van der Waals surface area contributed by atoms with E-state index in [1.54, 1.807) is 0 Å². The van der Waals surface area contributed by atoms with E-state index in [9.17, 15) is 0 Å². The summed E-state index contributed by atoms with van der Waals surface area (Å²) in [4.78, 5) is 0. The number of rotatable bonds is 3. The molecular weight excluding hydrogens is 194 g/mol. The lowest BCUT2D eigenvalue weighted by molar-refractivity contribution is -0.565. The van der Waals surface area contributed by atoms with Gasteiger partial charge in [-0.05, 0) is 49.7 Å². The molecule has 0 radical (unpaired) electrons. The van der Waals surface area contributed by atoms with Crippen molar-refractivity contribution in [1.29, 1.82) is 0 Å². The van der Waals surface area contributed by atoms with Crippen molar-refractivity contribution in [3.63, 3.8) is 0 Å². The third-order valence-corrected chi connectivity index (χ3v) is 5.02. The van der Waals surface area contributed by atoms with Crippen LogP contribution in [0.3, 0.4) is 0 Å². The third-order valence-electron chi connectivity index (χ3n) is 5.02. The molecule has 4 saturated carbocycles. The van der Waals surface area contributed by atoms with Gasteiger partial charge in [0.1, 0.15) is 0 Å². The van der Waals surface area contributed by atoms with E-state index < -0.39 is 0 Å². The van der Waals surface area contributed by atoms with Gasteiger partial charge in [0.15, 0.2) is 18.0 Å². The van der Waals surface area contributed by atoms with Crippen LogP contribution in [0.15, 0.2) is 25.4 Å². The minimum Gasteiger partial charge on any atom is -0.200 e. The molecule has 0 aromatic heterocycles. The van der Waals surface area contributed by atoms with Gasteiger partial charge in [0.25, 0.3) is 0 Å². The highest BCUT2D eigenvalue weighted by atomic mass is 15.1.